The first-order valence-electron chi connectivity index (χ1n) is 10.2. The van der Waals surface area contributed by atoms with Crippen LogP contribution in [-0.4, -0.2) is 66.0 Å². The molecule has 7 nitrogen and oxygen atoms in total. The molecule has 2 aromatic rings. The predicted octanol–water partition coefficient (Wildman–Crippen LogP) is 4.18. The van der Waals surface area contributed by atoms with E-state index in [0.29, 0.717) is 16.2 Å². The van der Waals surface area contributed by atoms with E-state index in [1.807, 2.05) is 19.1 Å². The molecule has 32 heavy (non-hydrogen) atoms. The van der Waals surface area contributed by atoms with Crippen LogP contribution in [-0.2, 0) is 4.79 Å². The summed E-state index contributed by atoms with van der Waals surface area (Å²) in [5, 5.41) is 10.2. The number of methoxy groups -OCH3 is 1. The summed E-state index contributed by atoms with van der Waals surface area (Å²) in [7, 11) is 1.46. The average Bonchev–Trinajstić information content (AvgIpc) is 3.04. The van der Waals surface area contributed by atoms with E-state index in [0.717, 1.165) is 54.2 Å². The summed E-state index contributed by atoms with van der Waals surface area (Å²) in [6.07, 6.45) is 1.64. The third-order valence-electron chi connectivity index (χ3n) is 5.61. The number of amides is 2. The number of imide groups is 1. The molecule has 2 fully saturated rings. The highest BCUT2D eigenvalue weighted by molar-refractivity contribution is 8.18. The Morgan fingerprint density at radius 2 is 1.88 bits per heavy atom. The van der Waals surface area contributed by atoms with Crippen molar-refractivity contribution in [1.29, 1.82) is 0 Å². The molecule has 0 aromatic heterocycles. The minimum atomic E-state index is -0.306. The second kappa shape index (κ2) is 9.44. The smallest absolute Gasteiger partial charge is 0.294 e. The Bertz CT molecular complexity index is 1080. The number of carbonyl (C=O) groups is 2. The lowest BCUT2D eigenvalue weighted by molar-refractivity contribution is -0.124. The molecule has 2 amide bonds. The van der Waals surface area contributed by atoms with Crippen LogP contribution in [0.15, 0.2) is 41.3 Å². The van der Waals surface area contributed by atoms with E-state index in [1.54, 1.807) is 18.2 Å². The summed E-state index contributed by atoms with van der Waals surface area (Å²) < 4.78 is 5.11. The van der Waals surface area contributed by atoms with E-state index in [4.69, 9.17) is 16.3 Å². The normalized spacial score (nSPS) is 18.7. The zero-order valence-corrected chi connectivity index (χ0v) is 19.4. The molecular formula is C23H24ClN3O4S. The molecule has 2 heterocycles. The van der Waals surface area contributed by atoms with Crippen molar-refractivity contribution in [2.75, 3.05) is 44.9 Å². The number of rotatable bonds is 5. The monoisotopic (exact) mass is 473 g/mol. The van der Waals surface area contributed by atoms with E-state index < -0.39 is 0 Å². The average molecular weight is 474 g/mol. The quantitative estimate of drug-likeness (QED) is 0.653. The molecule has 0 atom stereocenters. The zero-order valence-electron chi connectivity index (χ0n) is 17.9. The van der Waals surface area contributed by atoms with Crippen molar-refractivity contribution in [3.8, 4) is 11.5 Å². The Morgan fingerprint density at radius 1 is 1.12 bits per heavy atom. The van der Waals surface area contributed by atoms with Crippen molar-refractivity contribution in [2.45, 2.75) is 6.92 Å². The molecule has 0 saturated carbocycles. The van der Waals surface area contributed by atoms with Gasteiger partial charge in [0.15, 0.2) is 11.5 Å². The first-order chi connectivity index (χ1) is 15.4. The van der Waals surface area contributed by atoms with Gasteiger partial charge in [-0.05, 0) is 60.2 Å². The third-order valence-corrected chi connectivity index (χ3v) is 6.92. The van der Waals surface area contributed by atoms with Gasteiger partial charge in [-0.3, -0.25) is 19.4 Å². The molecule has 9 heteroatoms. The third kappa shape index (κ3) is 4.72. The van der Waals surface area contributed by atoms with Gasteiger partial charge in [0.2, 0.25) is 0 Å². The Balaban J connectivity index is 1.38. The van der Waals surface area contributed by atoms with Crippen LogP contribution in [0.25, 0.3) is 6.08 Å². The number of phenolic OH excluding ortho intramolecular Hbond substituents is 1. The van der Waals surface area contributed by atoms with Crippen molar-refractivity contribution >= 4 is 46.3 Å². The Morgan fingerprint density at radius 3 is 2.56 bits per heavy atom. The van der Waals surface area contributed by atoms with Crippen molar-refractivity contribution in [1.82, 2.24) is 9.80 Å². The van der Waals surface area contributed by atoms with Gasteiger partial charge in [0.05, 0.1) is 18.7 Å². The number of ether oxygens (including phenoxy) is 1. The molecule has 2 aromatic carbocycles. The molecule has 0 radical (unpaired) electrons. The lowest BCUT2D eigenvalue weighted by Gasteiger charge is -2.37. The lowest BCUT2D eigenvalue weighted by atomic mass is 10.2. The standard InChI is InChI=1S/C23H24ClN3O4S/c1-15-3-5-17(13-18(15)24)26-9-7-25(8-10-26)14-27-22(29)21(32-23(27)30)12-16-4-6-19(28)20(11-16)31-2/h3-6,11-13,28H,7-10,14H2,1-2H3/b21-12+. The van der Waals surface area contributed by atoms with Gasteiger partial charge >= 0.3 is 0 Å². The van der Waals surface area contributed by atoms with E-state index in [-0.39, 0.29) is 23.6 Å². The minimum Gasteiger partial charge on any atom is -0.504 e. The first-order valence-corrected chi connectivity index (χ1v) is 11.4. The molecular weight excluding hydrogens is 450 g/mol. The van der Waals surface area contributed by atoms with Gasteiger partial charge in [0.1, 0.15) is 0 Å². The van der Waals surface area contributed by atoms with Crippen molar-refractivity contribution < 1.29 is 19.4 Å². The van der Waals surface area contributed by atoms with E-state index >= 15 is 0 Å². The fraction of sp³-hybridized carbons (Fsp3) is 0.304. The maximum atomic E-state index is 12.9. The summed E-state index contributed by atoms with van der Waals surface area (Å²) in [6, 6.07) is 10.8. The highest BCUT2D eigenvalue weighted by Crippen LogP contribution is 2.34. The molecule has 4 rings (SSSR count). The molecule has 0 aliphatic carbocycles. The summed E-state index contributed by atoms with van der Waals surface area (Å²) in [5.74, 6) is 0.0234. The number of carbonyl (C=O) groups excluding carboxylic acids is 2. The second-order valence-corrected chi connectivity index (χ2v) is 9.12. The second-order valence-electron chi connectivity index (χ2n) is 7.72. The molecule has 0 bridgehead atoms. The van der Waals surface area contributed by atoms with Crippen molar-refractivity contribution in [3.05, 3.63) is 57.5 Å². The van der Waals surface area contributed by atoms with Gasteiger partial charge in [-0.25, -0.2) is 0 Å². The summed E-state index contributed by atoms with van der Waals surface area (Å²) in [5.41, 5.74) is 2.81. The van der Waals surface area contributed by atoms with Crippen LogP contribution in [0, 0.1) is 6.92 Å². The number of aromatic hydroxyl groups is 1. The Kier molecular flexibility index (Phi) is 6.64. The van der Waals surface area contributed by atoms with Gasteiger partial charge in [-0.15, -0.1) is 0 Å². The number of hydrogen-bond acceptors (Lipinski definition) is 7. The summed E-state index contributed by atoms with van der Waals surface area (Å²) in [4.78, 5) is 31.4. The SMILES string of the molecule is COc1cc(/C=C2/SC(=O)N(CN3CCN(c4ccc(C)c(Cl)c4)CC3)C2=O)ccc1O. The number of nitrogens with zero attached hydrogens (tertiary/aromatic N) is 3. The fourth-order valence-electron chi connectivity index (χ4n) is 3.68. The van der Waals surface area contributed by atoms with Gasteiger partial charge in [-0.2, -0.15) is 0 Å². The highest BCUT2D eigenvalue weighted by Gasteiger charge is 2.36. The number of anilines is 1. The van der Waals surface area contributed by atoms with E-state index in [9.17, 15) is 14.7 Å². The maximum Gasteiger partial charge on any atom is 0.294 e. The molecule has 1 N–H and O–H groups in total. The zero-order chi connectivity index (χ0) is 22.8. The number of phenols is 1. The number of halogens is 1. The lowest BCUT2D eigenvalue weighted by Crippen LogP contribution is -2.50. The maximum absolute atomic E-state index is 12.9. The summed E-state index contributed by atoms with van der Waals surface area (Å²) >= 11 is 7.18. The molecule has 2 aliphatic heterocycles. The summed E-state index contributed by atoms with van der Waals surface area (Å²) in [6.45, 7) is 5.30. The van der Waals surface area contributed by atoms with Crippen LogP contribution >= 0.6 is 23.4 Å². The van der Waals surface area contributed by atoms with Crippen LogP contribution in [0.2, 0.25) is 5.02 Å². The molecule has 0 unspecified atom stereocenters. The van der Waals surface area contributed by atoms with Gasteiger partial charge < -0.3 is 14.7 Å². The number of benzene rings is 2. The molecule has 0 spiro atoms. The number of thioether (sulfide) groups is 1. The highest BCUT2D eigenvalue weighted by atomic mass is 35.5. The van der Waals surface area contributed by atoms with E-state index in [2.05, 4.69) is 15.9 Å². The number of aryl methyl sites for hydroxylation is 1. The largest absolute Gasteiger partial charge is 0.504 e. The van der Waals surface area contributed by atoms with Gasteiger partial charge in [0, 0.05) is 36.9 Å². The van der Waals surface area contributed by atoms with E-state index in [1.165, 1.54) is 18.1 Å². The minimum absolute atomic E-state index is 0.0183. The Labute approximate surface area is 196 Å². The van der Waals surface area contributed by atoms with Crippen LogP contribution in [0.3, 0.4) is 0 Å². The van der Waals surface area contributed by atoms with Crippen LogP contribution in [0.5, 0.6) is 11.5 Å². The van der Waals surface area contributed by atoms with Crippen molar-refractivity contribution in [3.63, 3.8) is 0 Å². The van der Waals surface area contributed by atoms with Crippen molar-refractivity contribution in [2.24, 2.45) is 0 Å². The molecule has 2 saturated heterocycles. The van der Waals surface area contributed by atoms with Gasteiger partial charge in [0.25, 0.3) is 11.1 Å². The Hall–Kier alpha value is -2.68. The number of piperazine rings is 1. The van der Waals surface area contributed by atoms with Gasteiger partial charge in [-0.1, -0.05) is 23.7 Å². The molecule has 2 aliphatic rings. The first kappa shape index (κ1) is 22.5. The van der Waals surface area contributed by atoms with Crippen LogP contribution in [0.4, 0.5) is 10.5 Å². The van der Waals surface area contributed by atoms with Crippen LogP contribution in [0.1, 0.15) is 11.1 Å². The van der Waals surface area contributed by atoms with Crippen LogP contribution < -0.4 is 9.64 Å². The molecule has 168 valence electrons. The topological polar surface area (TPSA) is 73.3 Å². The predicted molar refractivity (Wildman–Crippen MR) is 127 cm³/mol. The number of hydrogen-bond donors (Lipinski definition) is 1. The fourth-order valence-corrected chi connectivity index (χ4v) is 4.69.